The molecular formula is C40H23N5O. The van der Waals surface area contributed by atoms with Crippen molar-refractivity contribution in [2.24, 2.45) is 0 Å². The van der Waals surface area contributed by atoms with Gasteiger partial charge < -0.3 is 8.98 Å². The van der Waals surface area contributed by atoms with Crippen LogP contribution in [0.4, 0.5) is 5.69 Å². The Kier molecular flexibility index (Phi) is 5.77. The highest BCUT2D eigenvalue weighted by atomic mass is 16.3. The van der Waals surface area contributed by atoms with E-state index in [-0.39, 0.29) is 0 Å². The molecule has 9 rings (SSSR count). The quantitative estimate of drug-likeness (QED) is 0.192. The van der Waals surface area contributed by atoms with Crippen molar-refractivity contribution in [1.82, 2.24) is 19.5 Å². The van der Waals surface area contributed by atoms with Gasteiger partial charge in [0.2, 0.25) is 0 Å². The zero-order valence-corrected chi connectivity index (χ0v) is 24.4. The molecule has 3 aromatic heterocycles. The monoisotopic (exact) mass is 589 g/mol. The Morgan fingerprint density at radius 1 is 0.543 bits per heavy atom. The molecule has 0 bridgehead atoms. The summed E-state index contributed by atoms with van der Waals surface area (Å²) in [6, 6.07) is 46.4. The number of benzene rings is 6. The van der Waals surface area contributed by atoms with E-state index in [2.05, 4.69) is 45.8 Å². The molecule has 6 aromatic carbocycles. The van der Waals surface area contributed by atoms with Crippen molar-refractivity contribution in [2.75, 3.05) is 0 Å². The van der Waals surface area contributed by atoms with Gasteiger partial charge in [-0.3, -0.25) is 0 Å². The fourth-order valence-electron chi connectivity index (χ4n) is 6.38. The predicted molar refractivity (Wildman–Crippen MR) is 184 cm³/mol. The van der Waals surface area contributed by atoms with Crippen LogP contribution in [0.25, 0.3) is 88.4 Å². The van der Waals surface area contributed by atoms with E-state index in [9.17, 15) is 0 Å². The predicted octanol–water partition coefficient (Wildman–Crippen LogP) is 10.4. The van der Waals surface area contributed by atoms with Crippen molar-refractivity contribution in [3.63, 3.8) is 0 Å². The molecule has 0 aliphatic rings. The Balaban J connectivity index is 1.26. The highest BCUT2D eigenvalue weighted by Gasteiger charge is 2.20. The summed E-state index contributed by atoms with van der Waals surface area (Å²) in [5, 5.41) is 4.32. The molecule has 6 heteroatoms. The molecule has 0 N–H and O–H groups in total. The lowest BCUT2D eigenvalue weighted by Crippen LogP contribution is -2.01. The number of nitrogens with zero attached hydrogens (tertiary/aromatic N) is 5. The summed E-state index contributed by atoms with van der Waals surface area (Å²) in [7, 11) is 0. The summed E-state index contributed by atoms with van der Waals surface area (Å²) in [5.41, 5.74) is 7.51. The SMILES string of the molecule is [C-]#[N+]c1cc(-n2c3ccccc3c3c4oc5ccccc5c4ccc32)ccc1-c1nc(-c2ccccc2)nc(-c2ccccc2)n1. The van der Waals surface area contributed by atoms with Gasteiger partial charge in [0.1, 0.15) is 11.2 Å². The first-order valence-corrected chi connectivity index (χ1v) is 15.0. The number of furan rings is 1. The van der Waals surface area contributed by atoms with Crippen LogP contribution in [-0.4, -0.2) is 19.5 Å². The van der Waals surface area contributed by atoms with Crippen LogP contribution in [-0.2, 0) is 0 Å². The number of rotatable bonds is 4. The molecule has 6 nitrogen and oxygen atoms in total. The van der Waals surface area contributed by atoms with E-state index in [1.807, 2.05) is 103 Å². The molecule has 0 aliphatic carbocycles. The largest absolute Gasteiger partial charge is 0.455 e. The molecule has 0 unspecified atom stereocenters. The van der Waals surface area contributed by atoms with Crippen molar-refractivity contribution in [3.05, 3.63) is 151 Å². The zero-order chi connectivity index (χ0) is 30.6. The van der Waals surface area contributed by atoms with Crippen LogP contribution in [0.1, 0.15) is 0 Å². The minimum atomic E-state index is 0.455. The van der Waals surface area contributed by atoms with Crippen LogP contribution in [0.15, 0.2) is 144 Å². The van der Waals surface area contributed by atoms with Crippen molar-refractivity contribution >= 4 is 49.4 Å². The highest BCUT2D eigenvalue weighted by Crippen LogP contribution is 2.41. The Labute approximate surface area is 263 Å². The minimum Gasteiger partial charge on any atom is -0.455 e. The van der Waals surface area contributed by atoms with Gasteiger partial charge in [-0.25, -0.2) is 19.8 Å². The molecule has 0 aliphatic heterocycles. The van der Waals surface area contributed by atoms with E-state index in [0.29, 0.717) is 28.7 Å². The average molecular weight is 590 g/mol. The first kappa shape index (κ1) is 25.9. The van der Waals surface area contributed by atoms with Gasteiger partial charge in [0, 0.05) is 38.5 Å². The lowest BCUT2D eigenvalue weighted by molar-refractivity contribution is 0.673. The number of hydrogen-bond acceptors (Lipinski definition) is 4. The van der Waals surface area contributed by atoms with Gasteiger partial charge in [-0.15, -0.1) is 0 Å². The van der Waals surface area contributed by atoms with E-state index in [4.69, 9.17) is 25.9 Å². The first-order valence-electron chi connectivity index (χ1n) is 15.0. The third kappa shape index (κ3) is 4.00. The number of aromatic nitrogens is 4. The van der Waals surface area contributed by atoms with Crippen LogP contribution < -0.4 is 0 Å². The average Bonchev–Trinajstić information content (AvgIpc) is 3.68. The van der Waals surface area contributed by atoms with Crippen LogP contribution in [0.3, 0.4) is 0 Å². The molecule has 0 spiro atoms. The number of para-hydroxylation sites is 2. The van der Waals surface area contributed by atoms with Crippen LogP contribution in [0, 0.1) is 6.57 Å². The van der Waals surface area contributed by atoms with Gasteiger partial charge in [0.15, 0.2) is 23.2 Å². The van der Waals surface area contributed by atoms with Gasteiger partial charge in [-0.05, 0) is 36.4 Å². The van der Waals surface area contributed by atoms with Gasteiger partial charge in [-0.2, -0.15) is 0 Å². The summed E-state index contributed by atoms with van der Waals surface area (Å²) in [4.78, 5) is 18.5. The second-order valence-corrected chi connectivity index (χ2v) is 11.1. The van der Waals surface area contributed by atoms with Gasteiger partial charge in [0.25, 0.3) is 0 Å². The molecular weight excluding hydrogens is 566 g/mol. The molecule has 0 radical (unpaired) electrons. The van der Waals surface area contributed by atoms with Crippen LogP contribution in [0.5, 0.6) is 0 Å². The summed E-state index contributed by atoms with van der Waals surface area (Å²) in [6.07, 6.45) is 0. The molecule has 0 saturated carbocycles. The van der Waals surface area contributed by atoms with Crippen LogP contribution in [0.2, 0.25) is 0 Å². The molecule has 3 heterocycles. The topological polar surface area (TPSA) is 61.1 Å². The molecule has 0 fully saturated rings. The maximum absolute atomic E-state index is 8.22. The minimum absolute atomic E-state index is 0.455. The number of hydrogen-bond donors (Lipinski definition) is 0. The third-order valence-electron chi connectivity index (χ3n) is 8.48. The van der Waals surface area contributed by atoms with Crippen molar-refractivity contribution in [2.45, 2.75) is 0 Å². The molecule has 46 heavy (non-hydrogen) atoms. The van der Waals surface area contributed by atoms with Gasteiger partial charge in [0.05, 0.1) is 23.0 Å². The molecule has 0 saturated heterocycles. The standard InChI is InChI=1S/C40H23N5O/c1-41-32-24-27(20-21-30(32)40-43-38(25-12-4-2-5-13-25)42-39(44-40)26-14-6-3-7-15-26)45-33-18-10-8-17-31(33)36-34(45)23-22-29-28-16-9-11-19-35(28)46-37(29)36/h2-24H. The summed E-state index contributed by atoms with van der Waals surface area (Å²) in [5.74, 6) is 1.57. The van der Waals surface area contributed by atoms with E-state index in [1.54, 1.807) is 0 Å². The maximum atomic E-state index is 8.22. The Bertz CT molecular complexity index is 2590. The second kappa shape index (κ2) is 10.3. The smallest absolute Gasteiger partial charge is 0.200 e. The lowest BCUT2D eigenvalue weighted by Gasteiger charge is -2.12. The Morgan fingerprint density at radius 2 is 1.17 bits per heavy atom. The fraction of sp³-hybridized carbons (Fsp3) is 0. The molecule has 0 atom stereocenters. The summed E-state index contributed by atoms with van der Waals surface area (Å²) < 4.78 is 8.66. The Morgan fingerprint density at radius 3 is 1.89 bits per heavy atom. The van der Waals surface area contributed by atoms with Crippen LogP contribution >= 0.6 is 0 Å². The fourth-order valence-corrected chi connectivity index (χ4v) is 6.38. The second-order valence-electron chi connectivity index (χ2n) is 11.1. The third-order valence-corrected chi connectivity index (χ3v) is 8.48. The Hall–Kier alpha value is -6.58. The van der Waals surface area contributed by atoms with Gasteiger partial charge in [-0.1, -0.05) is 103 Å². The normalized spacial score (nSPS) is 11.5. The maximum Gasteiger partial charge on any atom is 0.200 e. The first-order chi connectivity index (χ1) is 22.8. The van der Waals surface area contributed by atoms with E-state index in [1.165, 1.54) is 0 Å². The van der Waals surface area contributed by atoms with E-state index in [0.717, 1.165) is 60.6 Å². The van der Waals surface area contributed by atoms with E-state index < -0.39 is 0 Å². The van der Waals surface area contributed by atoms with Gasteiger partial charge >= 0.3 is 0 Å². The van der Waals surface area contributed by atoms with Crippen molar-refractivity contribution in [3.8, 4) is 39.9 Å². The van der Waals surface area contributed by atoms with E-state index >= 15 is 0 Å². The summed E-state index contributed by atoms with van der Waals surface area (Å²) >= 11 is 0. The number of fused-ring (bicyclic) bond motifs is 7. The molecule has 9 aromatic rings. The zero-order valence-electron chi connectivity index (χ0n) is 24.4. The molecule has 0 amide bonds. The summed E-state index contributed by atoms with van der Waals surface area (Å²) in [6.45, 7) is 8.22. The van der Waals surface area contributed by atoms with Crippen molar-refractivity contribution < 1.29 is 4.42 Å². The lowest BCUT2D eigenvalue weighted by atomic mass is 10.1. The highest BCUT2D eigenvalue weighted by molar-refractivity contribution is 6.23. The van der Waals surface area contributed by atoms with Crippen molar-refractivity contribution in [1.29, 1.82) is 0 Å². The molecule has 214 valence electrons.